The van der Waals surface area contributed by atoms with Crippen LogP contribution in [0.4, 0.5) is 5.82 Å². The second-order valence-corrected chi connectivity index (χ2v) is 8.26. The van der Waals surface area contributed by atoms with Gasteiger partial charge < -0.3 is 19.4 Å². The van der Waals surface area contributed by atoms with Gasteiger partial charge in [-0.25, -0.2) is 4.98 Å². The number of carbonyl (C=O) groups is 1. The highest BCUT2D eigenvalue weighted by atomic mass is 32.1. The second kappa shape index (κ2) is 9.36. The van der Waals surface area contributed by atoms with E-state index in [9.17, 15) is 4.79 Å². The molecule has 0 radical (unpaired) electrons. The zero-order chi connectivity index (χ0) is 20.9. The summed E-state index contributed by atoms with van der Waals surface area (Å²) in [5, 5.41) is 14.9. The SMILES string of the molecule is C[C@H]1CN(c2ccc(CNC(=O)CCc3nnc(-c4ccsc4)o3)cn2)C[C@H](C)O1. The molecule has 0 spiro atoms. The van der Waals surface area contributed by atoms with E-state index in [1.54, 1.807) is 11.3 Å². The summed E-state index contributed by atoms with van der Waals surface area (Å²) in [5.41, 5.74) is 1.86. The highest BCUT2D eigenvalue weighted by Gasteiger charge is 2.23. The fraction of sp³-hybridized carbons (Fsp3) is 0.429. The lowest BCUT2D eigenvalue weighted by Gasteiger charge is -2.36. The minimum atomic E-state index is -0.0646. The number of anilines is 1. The zero-order valence-corrected chi connectivity index (χ0v) is 17.9. The number of morpholine rings is 1. The van der Waals surface area contributed by atoms with Gasteiger partial charge in [-0.05, 0) is 36.9 Å². The van der Waals surface area contributed by atoms with E-state index < -0.39 is 0 Å². The van der Waals surface area contributed by atoms with Gasteiger partial charge >= 0.3 is 0 Å². The Bertz CT molecular complexity index is 947. The Kier molecular flexibility index (Phi) is 6.39. The summed E-state index contributed by atoms with van der Waals surface area (Å²) in [7, 11) is 0. The van der Waals surface area contributed by atoms with Gasteiger partial charge in [0, 0.05) is 49.6 Å². The number of hydrogen-bond donors (Lipinski definition) is 1. The van der Waals surface area contributed by atoms with Crippen molar-refractivity contribution in [1.29, 1.82) is 0 Å². The Hall–Kier alpha value is -2.78. The highest BCUT2D eigenvalue weighted by Crippen LogP contribution is 2.21. The summed E-state index contributed by atoms with van der Waals surface area (Å²) in [6.07, 6.45) is 2.89. The molecular weight excluding hydrogens is 402 g/mol. The average molecular weight is 428 g/mol. The minimum Gasteiger partial charge on any atom is -0.421 e. The van der Waals surface area contributed by atoms with Crippen molar-refractivity contribution in [2.45, 2.75) is 45.4 Å². The molecule has 0 aromatic carbocycles. The van der Waals surface area contributed by atoms with E-state index in [1.807, 2.05) is 35.2 Å². The van der Waals surface area contributed by atoms with Crippen LogP contribution in [-0.4, -0.2) is 46.4 Å². The molecule has 1 aliphatic heterocycles. The van der Waals surface area contributed by atoms with Gasteiger partial charge in [0.15, 0.2) is 0 Å². The van der Waals surface area contributed by atoms with Crippen molar-refractivity contribution >= 4 is 23.1 Å². The van der Waals surface area contributed by atoms with E-state index in [2.05, 4.69) is 39.2 Å². The Morgan fingerprint density at radius 3 is 2.77 bits per heavy atom. The van der Waals surface area contributed by atoms with Crippen molar-refractivity contribution in [1.82, 2.24) is 20.5 Å². The first-order valence-corrected chi connectivity index (χ1v) is 11.0. The fourth-order valence-corrected chi connectivity index (χ4v) is 4.07. The number of thiophene rings is 1. The lowest BCUT2D eigenvalue weighted by Crippen LogP contribution is -2.45. The van der Waals surface area contributed by atoms with Crippen LogP contribution in [0.1, 0.15) is 31.7 Å². The summed E-state index contributed by atoms with van der Waals surface area (Å²) in [5.74, 6) is 1.82. The number of aryl methyl sites for hydroxylation is 1. The van der Waals surface area contributed by atoms with E-state index in [4.69, 9.17) is 9.15 Å². The molecule has 1 aliphatic rings. The van der Waals surface area contributed by atoms with Gasteiger partial charge in [-0.15, -0.1) is 10.2 Å². The van der Waals surface area contributed by atoms with Crippen LogP contribution in [-0.2, 0) is 22.5 Å². The topological polar surface area (TPSA) is 93.4 Å². The van der Waals surface area contributed by atoms with Crippen LogP contribution in [0.5, 0.6) is 0 Å². The largest absolute Gasteiger partial charge is 0.421 e. The molecule has 4 heterocycles. The van der Waals surface area contributed by atoms with Gasteiger partial charge in [-0.1, -0.05) is 6.07 Å². The summed E-state index contributed by atoms with van der Waals surface area (Å²) in [6, 6.07) is 5.92. The number of hydrogen-bond acceptors (Lipinski definition) is 8. The van der Waals surface area contributed by atoms with Crippen molar-refractivity contribution in [3.8, 4) is 11.5 Å². The number of carbonyl (C=O) groups excluding carboxylic acids is 1. The lowest BCUT2D eigenvalue weighted by atomic mass is 10.2. The third kappa shape index (κ3) is 5.22. The maximum atomic E-state index is 12.2. The molecule has 3 aromatic heterocycles. The normalized spacial score (nSPS) is 19.1. The first-order valence-electron chi connectivity index (χ1n) is 10.0. The van der Waals surface area contributed by atoms with Crippen LogP contribution in [0.25, 0.3) is 11.5 Å². The summed E-state index contributed by atoms with van der Waals surface area (Å²) in [4.78, 5) is 19.0. The molecule has 30 heavy (non-hydrogen) atoms. The molecule has 0 bridgehead atoms. The van der Waals surface area contributed by atoms with Gasteiger partial charge in [0.1, 0.15) is 5.82 Å². The van der Waals surface area contributed by atoms with Crippen LogP contribution in [0.3, 0.4) is 0 Å². The zero-order valence-electron chi connectivity index (χ0n) is 17.1. The molecule has 1 fully saturated rings. The average Bonchev–Trinajstić information content (AvgIpc) is 3.42. The van der Waals surface area contributed by atoms with Gasteiger partial charge in [-0.3, -0.25) is 4.79 Å². The van der Waals surface area contributed by atoms with Gasteiger partial charge in [-0.2, -0.15) is 11.3 Å². The van der Waals surface area contributed by atoms with Crippen LogP contribution in [0.15, 0.2) is 39.6 Å². The quantitative estimate of drug-likeness (QED) is 0.619. The third-order valence-corrected chi connectivity index (χ3v) is 5.53. The molecule has 9 heteroatoms. The molecule has 2 atom stereocenters. The van der Waals surface area contributed by atoms with Crippen molar-refractivity contribution in [2.75, 3.05) is 18.0 Å². The smallest absolute Gasteiger partial charge is 0.248 e. The Morgan fingerprint density at radius 2 is 2.07 bits per heavy atom. The molecule has 158 valence electrons. The number of pyridine rings is 1. The maximum absolute atomic E-state index is 12.2. The Balaban J connectivity index is 1.23. The first-order chi connectivity index (χ1) is 14.6. The van der Waals surface area contributed by atoms with Crippen molar-refractivity contribution in [3.63, 3.8) is 0 Å². The number of aromatic nitrogens is 3. The van der Waals surface area contributed by atoms with E-state index in [1.165, 1.54) is 0 Å². The monoisotopic (exact) mass is 427 g/mol. The maximum Gasteiger partial charge on any atom is 0.248 e. The summed E-state index contributed by atoms with van der Waals surface area (Å²) < 4.78 is 11.4. The molecule has 1 amide bonds. The predicted octanol–water partition coefficient (Wildman–Crippen LogP) is 3.06. The van der Waals surface area contributed by atoms with E-state index in [-0.39, 0.29) is 18.1 Å². The van der Waals surface area contributed by atoms with Crippen LogP contribution in [0, 0.1) is 0 Å². The molecule has 0 unspecified atom stereocenters. The van der Waals surface area contributed by atoms with Crippen molar-refractivity contribution in [2.24, 2.45) is 0 Å². The van der Waals surface area contributed by atoms with Gasteiger partial charge in [0.25, 0.3) is 0 Å². The van der Waals surface area contributed by atoms with E-state index in [0.717, 1.165) is 30.0 Å². The number of nitrogens with zero attached hydrogens (tertiary/aromatic N) is 4. The summed E-state index contributed by atoms with van der Waals surface area (Å²) >= 11 is 1.57. The van der Waals surface area contributed by atoms with Crippen molar-refractivity contribution < 1.29 is 13.9 Å². The molecule has 1 saturated heterocycles. The number of rotatable bonds is 7. The number of ether oxygens (including phenoxy) is 1. The lowest BCUT2D eigenvalue weighted by molar-refractivity contribution is -0.121. The third-order valence-electron chi connectivity index (χ3n) is 4.84. The Labute approximate surface area is 179 Å². The van der Waals surface area contributed by atoms with Gasteiger partial charge in [0.05, 0.1) is 12.2 Å². The van der Waals surface area contributed by atoms with Crippen molar-refractivity contribution in [3.05, 3.63) is 46.6 Å². The number of nitrogens with one attached hydrogen (secondary N) is 1. The molecule has 1 N–H and O–H groups in total. The molecule has 8 nitrogen and oxygen atoms in total. The molecule has 0 saturated carbocycles. The molecular formula is C21H25N5O3S. The first kappa shape index (κ1) is 20.5. The van der Waals surface area contributed by atoms with E-state index >= 15 is 0 Å². The highest BCUT2D eigenvalue weighted by molar-refractivity contribution is 7.08. The van der Waals surface area contributed by atoms with Crippen LogP contribution < -0.4 is 10.2 Å². The Morgan fingerprint density at radius 1 is 1.23 bits per heavy atom. The minimum absolute atomic E-state index is 0.0646. The van der Waals surface area contributed by atoms with E-state index in [0.29, 0.717) is 31.2 Å². The summed E-state index contributed by atoms with van der Waals surface area (Å²) in [6.45, 7) is 6.24. The predicted molar refractivity (Wildman–Crippen MR) is 114 cm³/mol. The molecule has 4 rings (SSSR count). The van der Waals surface area contributed by atoms with Gasteiger partial charge in [0.2, 0.25) is 17.7 Å². The standard InChI is InChI=1S/C21H25N5O3S/c1-14-11-26(12-15(2)28-14)18-4-3-16(9-22-18)10-23-19(27)5-6-20-24-25-21(29-20)17-7-8-30-13-17/h3-4,7-9,13-15H,5-6,10-12H2,1-2H3,(H,23,27)/t14-,15-/m0/s1. The molecule has 0 aliphatic carbocycles. The second-order valence-electron chi connectivity index (χ2n) is 7.48. The van der Waals surface area contributed by atoms with Crippen LogP contribution in [0.2, 0.25) is 0 Å². The fourth-order valence-electron chi connectivity index (χ4n) is 3.44. The molecule has 3 aromatic rings. The number of amides is 1. The van der Waals surface area contributed by atoms with Crippen LogP contribution >= 0.6 is 11.3 Å².